The van der Waals surface area contributed by atoms with Gasteiger partial charge in [-0.2, -0.15) is 13.4 Å². The smallest absolute Gasteiger partial charge is 0.359 e. The fraction of sp³-hybridized carbons (Fsp3) is 0.0625. The molecule has 3 rings (SSSR count). The third-order valence-corrected chi connectivity index (χ3v) is 4.76. The summed E-state index contributed by atoms with van der Waals surface area (Å²) in [6.07, 6.45) is 0. The van der Waals surface area contributed by atoms with Gasteiger partial charge >= 0.3 is 50.5 Å². The Balaban J connectivity index is 0.00000261. The van der Waals surface area contributed by atoms with Crippen LogP contribution in [-0.4, -0.2) is 40.7 Å². The Morgan fingerprint density at radius 2 is 1.56 bits per heavy atom. The second-order valence-electron chi connectivity index (χ2n) is 5.34. The number of hydrogen-bond acceptors (Lipinski definition) is 6. The molecular weight excluding hydrogens is 385 g/mol. The number of carbonyl (C=O) groups is 2. The van der Waals surface area contributed by atoms with E-state index < -0.39 is 32.7 Å². The van der Waals surface area contributed by atoms with Crippen LogP contribution in [0, 0.1) is 0 Å². The molecule has 1 atom stereocenters. The standard InChI is InChI=1S/C16H13N3O6S.Na/c20-13(11-7-3-1-4-8-11)17-14-16(22,26(23,24)25)15(21)19(18-14)12-9-5-2-6-10-12;/h1-10,22H,(H,17,18,20)(H,23,24,25);/q;+1. The van der Waals surface area contributed by atoms with Crippen LogP contribution in [0.25, 0.3) is 0 Å². The van der Waals surface area contributed by atoms with Crippen molar-refractivity contribution in [3.05, 3.63) is 66.2 Å². The SMILES string of the molecule is O=C(NC1=NN(c2ccccc2)C(=O)C1(O)S(=O)(=O)O)c1ccccc1.[Na+]. The van der Waals surface area contributed by atoms with E-state index in [0.717, 1.165) is 0 Å². The molecule has 0 aromatic heterocycles. The molecule has 0 bridgehead atoms. The number of hydrogen-bond donors (Lipinski definition) is 3. The van der Waals surface area contributed by atoms with Crippen molar-refractivity contribution in [3.8, 4) is 0 Å². The van der Waals surface area contributed by atoms with Crippen molar-refractivity contribution in [1.82, 2.24) is 5.32 Å². The van der Waals surface area contributed by atoms with Crippen LogP contribution in [0.1, 0.15) is 10.4 Å². The molecular formula is C16H13N3NaO6S+. The molecule has 1 unspecified atom stereocenters. The predicted octanol–water partition coefficient (Wildman–Crippen LogP) is -2.64. The summed E-state index contributed by atoms with van der Waals surface area (Å²) in [5.74, 6) is -3.16. The van der Waals surface area contributed by atoms with E-state index in [1.54, 1.807) is 36.4 Å². The molecule has 3 N–H and O–H groups in total. The van der Waals surface area contributed by atoms with E-state index in [2.05, 4.69) is 10.4 Å². The maximum absolute atomic E-state index is 12.5. The van der Waals surface area contributed by atoms with Gasteiger partial charge in [0, 0.05) is 5.56 Å². The van der Waals surface area contributed by atoms with Crippen molar-refractivity contribution < 1.29 is 57.2 Å². The molecule has 2 aromatic carbocycles. The van der Waals surface area contributed by atoms with Gasteiger partial charge in [-0.1, -0.05) is 36.4 Å². The Labute approximate surface area is 176 Å². The Hall–Kier alpha value is -2.08. The fourth-order valence-corrected chi connectivity index (χ4v) is 2.96. The molecule has 1 heterocycles. The first-order valence-electron chi connectivity index (χ1n) is 7.29. The minimum absolute atomic E-state index is 0. The average molecular weight is 398 g/mol. The van der Waals surface area contributed by atoms with Gasteiger partial charge in [-0.3, -0.25) is 14.1 Å². The van der Waals surface area contributed by atoms with E-state index in [0.29, 0.717) is 5.01 Å². The molecule has 0 aliphatic carbocycles. The first-order chi connectivity index (χ1) is 12.2. The second kappa shape index (κ2) is 7.89. The van der Waals surface area contributed by atoms with Crippen molar-refractivity contribution in [3.63, 3.8) is 0 Å². The van der Waals surface area contributed by atoms with E-state index >= 15 is 0 Å². The van der Waals surface area contributed by atoms with Crippen LogP contribution in [0.4, 0.5) is 5.69 Å². The van der Waals surface area contributed by atoms with Crippen molar-refractivity contribution >= 4 is 33.5 Å². The number of aliphatic hydroxyl groups is 1. The normalized spacial score (nSPS) is 19.3. The summed E-state index contributed by atoms with van der Waals surface area (Å²) in [5, 5.41) is 16.8. The molecule has 0 saturated heterocycles. The number of amidine groups is 1. The molecule has 1 aliphatic rings. The van der Waals surface area contributed by atoms with Crippen molar-refractivity contribution in [2.45, 2.75) is 4.93 Å². The van der Waals surface area contributed by atoms with Gasteiger partial charge in [0.25, 0.3) is 5.91 Å². The van der Waals surface area contributed by atoms with Gasteiger partial charge in [0.15, 0.2) is 5.84 Å². The molecule has 27 heavy (non-hydrogen) atoms. The Morgan fingerprint density at radius 3 is 2.07 bits per heavy atom. The summed E-state index contributed by atoms with van der Waals surface area (Å²) >= 11 is 0. The molecule has 0 radical (unpaired) electrons. The van der Waals surface area contributed by atoms with Gasteiger partial charge in [-0.25, -0.2) is 0 Å². The third kappa shape index (κ3) is 3.81. The van der Waals surface area contributed by atoms with E-state index in [-0.39, 0.29) is 40.8 Å². The zero-order valence-electron chi connectivity index (χ0n) is 14.1. The number of rotatable bonds is 3. The van der Waals surface area contributed by atoms with Crippen LogP contribution in [0.2, 0.25) is 0 Å². The number of benzene rings is 2. The molecule has 2 amide bonds. The molecule has 0 fully saturated rings. The molecule has 0 spiro atoms. The molecule has 2 aromatic rings. The number of nitrogens with zero attached hydrogens (tertiary/aromatic N) is 2. The zero-order chi connectivity index (χ0) is 18.9. The maximum Gasteiger partial charge on any atom is 1.00 e. The largest absolute Gasteiger partial charge is 1.00 e. The summed E-state index contributed by atoms with van der Waals surface area (Å²) in [7, 11) is -5.35. The van der Waals surface area contributed by atoms with Gasteiger partial charge in [0.1, 0.15) is 0 Å². The van der Waals surface area contributed by atoms with Gasteiger partial charge in [0.05, 0.1) is 5.69 Å². The predicted molar refractivity (Wildman–Crippen MR) is 91.8 cm³/mol. The second-order valence-corrected chi connectivity index (χ2v) is 6.88. The van der Waals surface area contributed by atoms with Gasteiger partial charge in [-0.15, -0.1) is 5.10 Å². The summed E-state index contributed by atoms with van der Waals surface area (Å²) in [4.78, 5) is 21.3. The number of amides is 2. The minimum Gasteiger partial charge on any atom is -0.359 e. The summed E-state index contributed by atoms with van der Waals surface area (Å²) in [6.45, 7) is 0. The first kappa shape index (κ1) is 21.2. The number of nitrogens with one attached hydrogen (secondary N) is 1. The van der Waals surface area contributed by atoms with Crippen LogP contribution in [0.5, 0.6) is 0 Å². The van der Waals surface area contributed by atoms with Crippen molar-refractivity contribution in [2.75, 3.05) is 5.01 Å². The average Bonchev–Trinajstić information content (AvgIpc) is 2.89. The number of carbonyl (C=O) groups excluding carboxylic acids is 2. The molecule has 1 aliphatic heterocycles. The molecule has 9 nitrogen and oxygen atoms in total. The monoisotopic (exact) mass is 398 g/mol. The molecule has 134 valence electrons. The van der Waals surface area contributed by atoms with Crippen LogP contribution >= 0.6 is 0 Å². The van der Waals surface area contributed by atoms with E-state index in [1.807, 2.05) is 0 Å². The Morgan fingerprint density at radius 1 is 1.04 bits per heavy atom. The van der Waals surface area contributed by atoms with Crippen LogP contribution < -0.4 is 39.9 Å². The number of hydrazone groups is 1. The van der Waals surface area contributed by atoms with Crippen molar-refractivity contribution in [2.24, 2.45) is 5.10 Å². The quantitative estimate of drug-likeness (QED) is 0.382. The summed E-state index contributed by atoms with van der Waals surface area (Å²) < 4.78 is 32.8. The maximum atomic E-state index is 12.5. The molecule has 0 saturated carbocycles. The third-order valence-electron chi connectivity index (χ3n) is 3.65. The Bertz CT molecular complexity index is 997. The minimum atomic E-state index is -5.35. The fourth-order valence-electron chi connectivity index (χ4n) is 2.31. The number of para-hydroxylation sites is 1. The van der Waals surface area contributed by atoms with Crippen molar-refractivity contribution in [1.29, 1.82) is 0 Å². The van der Waals surface area contributed by atoms with Gasteiger partial charge < -0.3 is 10.4 Å². The van der Waals surface area contributed by atoms with E-state index in [1.165, 1.54) is 24.3 Å². The van der Waals surface area contributed by atoms with Gasteiger partial charge in [0.2, 0.25) is 0 Å². The summed E-state index contributed by atoms with van der Waals surface area (Å²) in [5.41, 5.74) is 0.280. The van der Waals surface area contributed by atoms with E-state index in [4.69, 9.17) is 0 Å². The van der Waals surface area contributed by atoms with Crippen LogP contribution in [-0.2, 0) is 14.9 Å². The number of anilines is 1. The topological polar surface area (TPSA) is 136 Å². The van der Waals surface area contributed by atoms with Crippen LogP contribution in [0.3, 0.4) is 0 Å². The first-order valence-corrected chi connectivity index (χ1v) is 8.73. The Kier molecular flexibility index (Phi) is 6.20. The van der Waals surface area contributed by atoms with Gasteiger partial charge in [-0.05, 0) is 24.3 Å². The summed E-state index contributed by atoms with van der Waals surface area (Å²) in [6, 6.07) is 15.3. The van der Waals surface area contributed by atoms with Crippen LogP contribution in [0.15, 0.2) is 65.8 Å². The molecule has 11 heteroatoms. The zero-order valence-corrected chi connectivity index (χ0v) is 16.9. The van der Waals surface area contributed by atoms with E-state index in [9.17, 15) is 27.7 Å².